The van der Waals surface area contributed by atoms with Crippen molar-refractivity contribution in [2.75, 3.05) is 0 Å². The highest BCUT2D eigenvalue weighted by Gasteiger charge is 2.19. The molecule has 1 aromatic carbocycles. The number of rotatable bonds is 8. The third-order valence-electron chi connectivity index (χ3n) is 4.58. The Kier molecular flexibility index (Phi) is 7.00. The van der Waals surface area contributed by atoms with Crippen LogP contribution in [0.15, 0.2) is 23.6 Å². The Morgan fingerprint density at radius 3 is 2.76 bits per heavy atom. The Balaban J connectivity index is 2.01. The second-order valence-electron chi connectivity index (χ2n) is 6.35. The summed E-state index contributed by atoms with van der Waals surface area (Å²) in [7, 11) is 0. The minimum Gasteiger partial charge on any atom is -0.486 e. The van der Waals surface area contributed by atoms with Crippen molar-refractivity contribution >= 4 is 17.2 Å². The first kappa shape index (κ1) is 19.4. The van der Waals surface area contributed by atoms with Gasteiger partial charge in [-0.25, -0.2) is 4.98 Å². The quantitative estimate of drug-likeness (QED) is 0.674. The SMILES string of the molecule is CCC(=O)N(Cc1csc(COc2cccc(C)c2C)n1)C(C)CC. The maximum Gasteiger partial charge on any atom is 0.222 e. The lowest BCUT2D eigenvalue weighted by molar-refractivity contribution is -0.133. The van der Waals surface area contributed by atoms with Gasteiger partial charge in [-0.15, -0.1) is 11.3 Å². The third kappa shape index (κ3) is 5.05. The van der Waals surface area contributed by atoms with Gasteiger partial charge in [0.2, 0.25) is 5.91 Å². The van der Waals surface area contributed by atoms with Crippen LogP contribution in [0.25, 0.3) is 0 Å². The highest BCUT2D eigenvalue weighted by molar-refractivity contribution is 7.09. The number of hydrogen-bond donors (Lipinski definition) is 0. The van der Waals surface area contributed by atoms with E-state index in [2.05, 4.69) is 38.7 Å². The molecule has 1 heterocycles. The van der Waals surface area contributed by atoms with E-state index in [1.165, 1.54) is 5.56 Å². The molecule has 0 radical (unpaired) electrons. The number of carbonyl (C=O) groups excluding carboxylic acids is 1. The Morgan fingerprint density at radius 2 is 2.08 bits per heavy atom. The highest BCUT2D eigenvalue weighted by atomic mass is 32.1. The van der Waals surface area contributed by atoms with Crippen molar-refractivity contribution in [3.8, 4) is 5.75 Å². The van der Waals surface area contributed by atoms with E-state index in [4.69, 9.17) is 4.74 Å². The average Bonchev–Trinajstić information content (AvgIpc) is 3.07. The van der Waals surface area contributed by atoms with E-state index in [0.29, 0.717) is 19.6 Å². The number of amides is 1. The molecule has 0 N–H and O–H groups in total. The maximum atomic E-state index is 12.2. The van der Waals surface area contributed by atoms with E-state index < -0.39 is 0 Å². The minimum atomic E-state index is 0.176. The predicted octanol–water partition coefficient (Wildman–Crippen LogP) is 4.88. The van der Waals surface area contributed by atoms with Crippen molar-refractivity contribution in [1.82, 2.24) is 9.88 Å². The second-order valence-corrected chi connectivity index (χ2v) is 7.29. The molecule has 2 rings (SSSR count). The summed E-state index contributed by atoms with van der Waals surface area (Å²) in [6.45, 7) is 11.3. The number of carbonyl (C=O) groups is 1. The van der Waals surface area contributed by atoms with Crippen LogP contribution in [-0.4, -0.2) is 21.8 Å². The summed E-state index contributed by atoms with van der Waals surface area (Å²) in [5, 5.41) is 2.96. The standard InChI is InChI=1S/C20H28N2O2S/c1-6-15(4)22(20(23)7-2)11-17-13-25-19(21-17)12-24-18-10-8-9-14(3)16(18)5/h8-10,13,15H,6-7,11-12H2,1-5H3. The lowest BCUT2D eigenvalue weighted by Crippen LogP contribution is -2.37. The van der Waals surface area contributed by atoms with Gasteiger partial charge in [0.1, 0.15) is 17.4 Å². The molecule has 0 fully saturated rings. The first-order valence-electron chi connectivity index (χ1n) is 8.88. The lowest BCUT2D eigenvalue weighted by atomic mass is 10.1. The number of thiazole rings is 1. The van der Waals surface area contributed by atoms with E-state index in [-0.39, 0.29) is 11.9 Å². The van der Waals surface area contributed by atoms with Gasteiger partial charge in [0, 0.05) is 17.8 Å². The van der Waals surface area contributed by atoms with Gasteiger partial charge in [0.05, 0.1) is 12.2 Å². The van der Waals surface area contributed by atoms with Crippen molar-refractivity contribution in [2.24, 2.45) is 0 Å². The summed E-state index contributed by atoms with van der Waals surface area (Å²) < 4.78 is 5.93. The molecule has 1 amide bonds. The van der Waals surface area contributed by atoms with Gasteiger partial charge in [-0.2, -0.15) is 0 Å². The Morgan fingerprint density at radius 1 is 1.32 bits per heavy atom. The van der Waals surface area contributed by atoms with E-state index in [0.717, 1.165) is 28.4 Å². The molecule has 1 atom stereocenters. The van der Waals surface area contributed by atoms with Gasteiger partial charge in [-0.05, 0) is 44.4 Å². The van der Waals surface area contributed by atoms with E-state index >= 15 is 0 Å². The second kappa shape index (κ2) is 8.99. The van der Waals surface area contributed by atoms with Crippen LogP contribution in [-0.2, 0) is 17.9 Å². The molecule has 1 unspecified atom stereocenters. The predicted molar refractivity (Wildman–Crippen MR) is 103 cm³/mol. The molecule has 136 valence electrons. The third-order valence-corrected chi connectivity index (χ3v) is 5.45. The first-order chi connectivity index (χ1) is 12.0. The van der Waals surface area contributed by atoms with Crippen molar-refractivity contribution < 1.29 is 9.53 Å². The minimum absolute atomic E-state index is 0.176. The smallest absolute Gasteiger partial charge is 0.222 e. The topological polar surface area (TPSA) is 42.4 Å². The van der Waals surface area contributed by atoms with Crippen LogP contribution in [0.4, 0.5) is 0 Å². The van der Waals surface area contributed by atoms with Crippen molar-refractivity contribution in [1.29, 1.82) is 0 Å². The monoisotopic (exact) mass is 360 g/mol. The fourth-order valence-electron chi connectivity index (χ4n) is 2.60. The maximum absolute atomic E-state index is 12.2. The fourth-order valence-corrected chi connectivity index (χ4v) is 3.29. The first-order valence-corrected chi connectivity index (χ1v) is 9.75. The summed E-state index contributed by atoms with van der Waals surface area (Å²) in [4.78, 5) is 18.8. The van der Waals surface area contributed by atoms with Crippen LogP contribution >= 0.6 is 11.3 Å². The van der Waals surface area contributed by atoms with Crippen LogP contribution in [0.2, 0.25) is 0 Å². The lowest BCUT2D eigenvalue weighted by Gasteiger charge is -2.27. The normalized spacial score (nSPS) is 12.0. The molecule has 0 aliphatic rings. The number of aromatic nitrogens is 1. The summed E-state index contributed by atoms with van der Waals surface area (Å²) in [6, 6.07) is 6.30. The van der Waals surface area contributed by atoms with Crippen LogP contribution in [0.5, 0.6) is 5.75 Å². The Labute approximate surface area is 154 Å². The van der Waals surface area contributed by atoms with Crippen LogP contribution < -0.4 is 4.74 Å². The number of nitrogens with zero attached hydrogens (tertiary/aromatic N) is 2. The van der Waals surface area contributed by atoms with Crippen molar-refractivity contribution in [3.05, 3.63) is 45.4 Å². The van der Waals surface area contributed by atoms with Crippen LogP contribution in [0.1, 0.15) is 55.4 Å². The largest absolute Gasteiger partial charge is 0.486 e. The molecule has 4 nitrogen and oxygen atoms in total. The molecule has 5 heteroatoms. The summed E-state index contributed by atoms with van der Waals surface area (Å²) in [6.07, 6.45) is 1.47. The van der Waals surface area contributed by atoms with E-state index in [1.54, 1.807) is 11.3 Å². The van der Waals surface area contributed by atoms with E-state index in [9.17, 15) is 4.79 Å². The van der Waals surface area contributed by atoms with Gasteiger partial charge in [-0.1, -0.05) is 26.0 Å². The van der Waals surface area contributed by atoms with Gasteiger partial charge in [0.15, 0.2) is 0 Å². The summed E-state index contributed by atoms with van der Waals surface area (Å²) in [5.41, 5.74) is 3.32. The summed E-state index contributed by atoms with van der Waals surface area (Å²) >= 11 is 1.59. The molecule has 0 bridgehead atoms. The molecular formula is C20H28N2O2S. The van der Waals surface area contributed by atoms with Gasteiger partial charge < -0.3 is 9.64 Å². The number of benzene rings is 1. The van der Waals surface area contributed by atoms with Gasteiger partial charge in [-0.3, -0.25) is 4.79 Å². The molecular weight excluding hydrogens is 332 g/mol. The van der Waals surface area contributed by atoms with Gasteiger partial charge >= 0.3 is 0 Å². The zero-order valence-corrected chi connectivity index (χ0v) is 16.7. The highest BCUT2D eigenvalue weighted by Crippen LogP contribution is 2.23. The molecule has 0 spiro atoms. The van der Waals surface area contributed by atoms with Crippen molar-refractivity contribution in [2.45, 2.75) is 66.7 Å². The van der Waals surface area contributed by atoms with Crippen LogP contribution in [0.3, 0.4) is 0 Å². The molecule has 25 heavy (non-hydrogen) atoms. The number of ether oxygens (including phenoxy) is 1. The molecule has 0 saturated heterocycles. The average molecular weight is 361 g/mol. The fraction of sp³-hybridized carbons (Fsp3) is 0.500. The Bertz CT molecular complexity index is 711. The molecule has 0 aliphatic heterocycles. The zero-order chi connectivity index (χ0) is 18.4. The molecule has 0 saturated carbocycles. The van der Waals surface area contributed by atoms with Gasteiger partial charge in [0.25, 0.3) is 0 Å². The molecule has 2 aromatic rings. The Hall–Kier alpha value is -1.88. The van der Waals surface area contributed by atoms with E-state index in [1.807, 2.05) is 29.3 Å². The summed E-state index contributed by atoms with van der Waals surface area (Å²) in [5.74, 6) is 1.08. The zero-order valence-electron chi connectivity index (χ0n) is 15.8. The molecule has 0 aliphatic carbocycles. The molecule has 1 aromatic heterocycles. The number of hydrogen-bond acceptors (Lipinski definition) is 4. The number of aryl methyl sites for hydroxylation is 1. The van der Waals surface area contributed by atoms with Crippen molar-refractivity contribution in [3.63, 3.8) is 0 Å². The van der Waals surface area contributed by atoms with Crippen LogP contribution in [0, 0.1) is 13.8 Å².